The Bertz CT molecular complexity index is 304. The van der Waals surface area contributed by atoms with E-state index in [0.717, 1.165) is 23.8 Å². The van der Waals surface area contributed by atoms with E-state index in [1.807, 2.05) is 0 Å². The van der Waals surface area contributed by atoms with E-state index in [1.165, 1.54) is 90.4 Å². The molecule has 0 aromatic heterocycles. The van der Waals surface area contributed by atoms with Gasteiger partial charge in [-0.2, -0.15) is 0 Å². The molecule has 2 saturated carbocycles. The van der Waals surface area contributed by atoms with Gasteiger partial charge in [-0.1, -0.05) is 32.6 Å². The molecule has 0 amide bonds. The zero-order valence-corrected chi connectivity index (χ0v) is 14.2. The Morgan fingerprint density at radius 1 is 0.952 bits per heavy atom. The van der Waals surface area contributed by atoms with Crippen molar-refractivity contribution in [3.63, 3.8) is 0 Å². The second-order valence-electron chi connectivity index (χ2n) is 7.93. The lowest BCUT2D eigenvalue weighted by atomic mass is 9.75. The highest BCUT2D eigenvalue weighted by Gasteiger charge is 2.32. The molecule has 1 aliphatic heterocycles. The maximum Gasteiger partial charge on any atom is 0.00958 e. The summed E-state index contributed by atoms with van der Waals surface area (Å²) in [7, 11) is 0. The highest BCUT2D eigenvalue weighted by Crippen LogP contribution is 2.36. The predicted molar refractivity (Wildman–Crippen MR) is 90.5 cm³/mol. The summed E-state index contributed by atoms with van der Waals surface area (Å²) in [6.07, 6.45) is 14.6. The summed E-state index contributed by atoms with van der Waals surface area (Å²) in [4.78, 5) is 2.81. The van der Waals surface area contributed by atoms with Crippen LogP contribution in [0.5, 0.6) is 0 Å². The second kappa shape index (κ2) is 7.97. The molecule has 3 fully saturated rings. The van der Waals surface area contributed by atoms with Crippen molar-refractivity contribution in [3.05, 3.63) is 0 Å². The van der Waals surface area contributed by atoms with Crippen LogP contribution in [0.4, 0.5) is 0 Å². The minimum atomic E-state index is 0.831. The van der Waals surface area contributed by atoms with E-state index >= 15 is 0 Å². The van der Waals surface area contributed by atoms with E-state index < -0.39 is 0 Å². The van der Waals surface area contributed by atoms with Gasteiger partial charge in [-0.3, -0.25) is 0 Å². The third-order valence-corrected chi connectivity index (χ3v) is 6.51. The molecule has 1 N–H and O–H groups in total. The summed E-state index contributed by atoms with van der Waals surface area (Å²) in [5.74, 6) is 3.09. The van der Waals surface area contributed by atoms with Gasteiger partial charge in [-0.05, 0) is 75.9 Å². The van der Waals surface area contributed by atoms with Crippen LogP contribution in [0.1, 0.15) is 71.1 Å². The van der Waals surface area contributed by atoms with Gasteiger partial charge in [0.15, 0.2) is 0 Å². The molecule has 2 nitrogen and oxygen atoms in total. The topological polar surface area (TPSA) is 15.3 Å². The molecule has 3 rings (SSSR count). The first-order valence-corrected chi connectivity index (χ1v) is 9.82. The van der Waals surface area contributed by atoms with Crippen molar-refractivity contribution in [2.24, 2.45) is 17.8 Å². The molecule has 0 aromatic rings. The van der Waals surface area contributed by atoms with Crippen LogP contribution in [0.25, 0.3) is 0 Å². The van der Waals surface area contributed by atoms with Crippen LogP contribution in [0.15, 0.2) is 0 Å². The normalized spacial score (nSPS) is 37.6. The van der Waals surface area contributed by atoms with Crippen molar-refractivity contribution >= 4 is 0 Å². The van der Waals surface area contributed by atoms with Gasteiger partial charge in [0.05, 0.1) is 0 Å². The molecule has 1 saturated heterocycles. The molecule has 0 aromatic carbocycles. The number of rotatable bonds is 6. The van der Waals surface area contributed by atoms with Crippen LogP contribution < -0.4 is 5.32 Å². The lowest BCUT2D eigenvalue weighted by Crippen LogP contribution is -2.43. The van der Waals surface area contributed by atoms with Gasteiger partial charge in [0.25, 0.3) is 0 Å². The third kappa shape index (κ3) is 4.22. The van der Waals surface area contributed by atoms with Gasteiger partial charge < -0.3 is 10.2 Å². The van der Waals surface area contributed by atoms with Crippen LogP contribution in [-0.2, 0) is 0 Å². The zero-order chi connectivity index (χ0) is 14.5. The number of piperidine rings is 1. The molecule has 3 aliphatic rings. The van der Waals surface area contributed by atoms with Gasteiger partial charge in [-0.15, -0.1) is 0 Å². The molecule has 4 atom stereocenters. The smallest absolute Gasteiger partial charge is 0.00958 e. The Morgan fingerprint density at radius 3 is 2.67 bits per heavy atom. The molecule has 122 valence electrons. The first kappa shape index (κ1) is 15.8. The minimum Gasteiger partial charge on any atom is -0.314 e. The molecular formula is C19H36N2. The van der Waals surface area contributed by atoms with Crippen molar-refractivity contribution in [2.75, 3.05) is 26.2 Å². The van der Waals surface area contributed by atoms with Crippen molar-refractivity contribution in [1.82, 2.24) is 10.2 Å². The second-order valence-corrected chi connectivity index (χ2v) is 7.93. The molecular weight excluding hydrogens is 256 g/mol. The first-order chi connectivity index (χ1) is 10.4. The fraction of sp³-hybridized carbons (Fsp3) is 1.00. The van der Waals surface area contributed by atoms with Crippen molar-refractivity contribution in [3.8, 4) is 0 Å². The lowest BCUT2D eigenvalue weighted by Gasteiger charge is -2.41. The van der Waals surface area contributed by atoms with E-state index in [0.29, 0.717) is 0 Å². The van der Waals surface area contributed by atoms with Gasteiger partial charge in [0.2, 0.25) is 0 Å². The van der Waals surface area contributed by atoms with E-state index in [-0.39, 0.29) is 0 Å². The van der Waals surface area contributed by atoms with Crippen LogP contribution in [0.2, 0.25) is 0 Å². The number of nitrogens with one attached hydrogen (secondary N) is 1. The summed E-state index contributed by atoms with van der Waals surface area (Å²) in [6.45, 7) is 7.68. The van der Waals surface area contributed by atoms with Crippen molar-refractivity contribution in [2.45, 2.75) is 77.2 Å². The SMILES string of the molecule is CCCNC1CCCC1CCN1CCC2CCCCC2C1. The van der Waals surface area contributed by atoms with Gasteiger partial charge in [-0.25, -0.2) is 0 Å². The third-order valence-electron chi connectivity index (χ3n) is 6.51. The summed E-state index contributed by atoms with van der Waals surface area (Å²) in [5.41, 5.74) is 0. The summed E-state index contributed by atoms with van der Waals surface area (Å²) < 4.78 is 0. The average Bonchev–Trinajstić information content (AvgIpc) is 2.98. The maximum atomic E-state index is 3.80. The summed E-state index contributed by atoms with van der Waals surface area (Å²) in [6, 6.07) is 0.831. The fourth-order valence-electron chi connectivity index (χ4n) is 5.21. The number of hydrogen-bond acceptors (Lipinski definition) is 2. The molecule has 1 heterocycles. The zero-order valence-electron chi connectivity index (χ0n) is 14.2. The molecule has 0 radical (unpaired) electrons. The number of nitrogens with zero attached hydrogens (tertiary/aromatic N) is 1. The van der Waals surface area contributed by atoms with E-state index in [2.05, 4.69) is 17.1 Å². The Balaban J connectivity index is 1.40. The monoisotopic (exact) mass is 292 g/mol. The Labute approximate surface area is 132 Å². The van der Waals surface area contributed by atoms with E-state index in [4.69, 9.17) is 0 Å². The lowest BCUT2D eigenvalue weighted by molar-refractivity contribution is 0.0819. The molecule has 2 aliphatic carbocycles. The van der Waals surface area contributed by atoms with E-state index in [1.54, 1.807) is 0 Å². The van der Waals surface area contributed by atoms with Gasteiger partial charge >= 0.3 is 0 Å². The minimum absolute atomic E-state index is 0.831. The van der Waals surface area contributed by atoms with Gasteiger partial charge in [0, 0.05) is 12.6 Å². The van der Waals surface area contributed by atoms with Gasteiger partial charge in [0.1, 0.15) is 0 Å². The number of fused-ring (bicyclic) bond motifs is 1. The average molecular weight is 293 g/mol. The van der Waals surface area contributed by atoms with Crippen LogP contribution >= 0.6 is 0 Å². The molecule has 2 heteroatoms. The fourth-order valence-corrected chi connectivity index (χ4v) is 5.21. The van der Waals surface area contributed by atoms with Crippen LogP contribution in [-0.4, -0.2) is 37.1 Å². The Kier molecular flexibility index (Phi) is 5.99. The molecule has 21 heavy (non-hydrogen) atoms. The van der Waals surface area contributed by atoms with E-state index in [9.17, 15) is 0 Å². The summed E-state index contributed by atoms with van der Waals surface area (Å²) >= 11 is 0. The quantitative estimate of drug-likeness (QED) is 0.794. The first-order valence-electron chi connectivity index (χ1n) is 9.82. The Hall–Kier alpha value is -0.0800. The number of hydrogen-bond donors (Lipinski definition) is 1. The van der Waals surface area contributed by atoms with Crippen LogP contribution in [0, 0.1) is 17.8 Å². The predicted octanol–water partition coefficient (Wildman–Crippen LogP) is 4.06. The van der Waals surface area contributed by atoms with Crippen LogP contribution in [0.3, 0.4) is 0 Å². The highest BCUT2D eigenvalue weighted by atomic mass is 15.1. The largest absolute Gasteiger partial charge is 0.314 e. The molecule has 4 unspecified atom stereocenters. The van der Waals surface area contributed by atoms with Crippen molar-refractivity contribution in [1.29, 1.82) is 0 Å². The molecule has 0 bridgehead atoms. The maximum absolute atomic E-state index is 3.80. The Morgan fingerprint density at radius 2 is 1.81 bits per heavy atom. The molecule has 0 spiro atoms. The standard InChI is InChI=1S/C19H36N2/c1-2-12-20-19-9-5-8-17(19)11-14-21-13-10-16-6-3-4-7-18(16)15-21/h16-20H,2-15H2,1H3. The highest BCUT2D eigenvalue weighted by molar-refractivity contribution is 4.86. The van der Waals surface area contributed by atoms with Crippen molar-refractivity contribution < 1.29 is 0 Å². The summed E-state index contributed by atoms with van der Waals surface area (Å²) in [5, 5.41) is 3.80. The number of likely N-dealkylation sites (tertiary alicyclic amines) is 1.